The normalized spacial score (nSPS) is 18.9. The molecule has 7 heteroatoms. The third-order valence-corrected chi connectivity index (χ3v) is 6.49. The van der Waals surface area contributed by atoms with Gasteiger partial charge in [0.1, 0.15) is 11.4 Å². The number of thiocarbonyl (C=S) groups is 1. The fourth-order valence-corrected chi connectivity index (χ4v) is 4.71. The molecule has 0 saturated carbocycles. The van der Waals surface area contributed by atoms with Crippen molar-refractivity contribution in [2.45, 2.75) is 40.2 Å². The molecule has 0 atom stereocenters. The van der Waals surface area contributed by atoms with Crippen molar-refractivity contribution in [2.24, 2.45) is 0 Å². The minimum atomic E-state index is -0.645. The molecule has 0 unspecified atom stereocenters. The quantitative estimate of drug-likeness (QED) is 0.391. The second-order valence-electron chi connectivity index (χ2n) is 9.23. The fourth-order valence-electron chi connectivity index (χ4n) is 4.43. The molecule has 5 nitrogen and oxygen atoms in total. The van der Waals surface area contributed by atoms with Gasteiger partial charge in [0.25, 0.3) is 11.8 Å². The minimum absolute atomic E-state index is 0.000645. The number of allylic oxidation sites excluding steroid dienone is 1. The summed E-state index contributed by atoms with van der Waals surface area (Å²) in [5.41, 5.74) is 4.83. The van der Waals surface area contributed by atoms with Crippen LogP contribution in [0, 0.1) is 19.7 Å². The highest BCUT2D eigenvalue weighted by atomic mass is 32.1. The number of hydrogen-bond acceptors (Lipinski definition) is 4. The van der Waals surface area contributed by atoms with Crippen LogP contribution in [-0.4, -0.2) is 29.5 Å². The summed E-state index contributed by atoms with van der Waals surface area (Å²) < 4.78 is 15.2. The molecular formula is C26H26FN3O2S. The van der Waals surface area contributed by atoms with E-state index >= 15 is 4.39 Å². The van der Waals surface area contributed by atoms with Crippen LogP contribution in [0.25, 0.3) is 11.6 Å². The van der Waals surface area contributed by atoms with Gasteiger partial charge in [-0.3, -0.25) is 19.8 Å². The van der Waals surface area contributed by atoms with Gasteiger partial charge in [-0.2, -0.15) is 0 Å². The summed E-state index contributed by atoms with van der Waals surface area (Å²) in [5.74, 6) is -1.74. The predicted octanol–water partition coefficient (Wildman–Crippen LogP) is 4.91. The molecule has 1 N–H and O–H groups in total. The first-order valence-electron chi connectivity index (χ1n) is 10.7. The molecule has 0 radical (unpaired) electrons. The summed E-state index contributed by atoms with van der Waals surface area (Å²) in [7, 11) is 1.92. The van der Waals surface area contributed by atoms with Gasteiger partial charge in [0.15, 0.2) is 5.11 Å². The van der Waals surface area contributed by atoms with Crippen molar-refractivity contribution in [2.75, 3.05) is 16.8 Å². The van der Waals surface area contributed by atoms with E-state index in [1.807, 2.05) is 50.9 Å². The number of anilines is 2. The second-order valence-corrected chi connectivity index (χ2v) is 9.62. The van der Waals surface area contributed by atoms with Gasteiger partial charge in [-0.15, -0.1) is 0 Å². The number of benzene rings is 2. The summed E-state index contributed by atoms with van der Waals surface area (Å²) in [6.07, 6.45) is 3.42. The van der Waals surface area contributed by atoms with E-state index in [4.69, 9.17) is 12.2 Å². The number of nitrogens with zero attached hydrogens (tertiary/aromatic N) is 2. The van der Waals surface area contributed by atoms with Crippen LogP contribution in [0.4, 0.5) is 15.8 Å². The first kappa shape index (κ1) is 22.9. The first-order valence-corrected chi connectivity index (χ1v) is 11.1. The Kier molecular flexibility index (Phi) is 5.48. The second kappa shape index (κ2) is 7.92. The van der Waals surface area contributed by atoms with E-state index in [1.165, 1.54) is 17.0 Å². The van der Waals surface area contributed by atoms with Gasteiger partial charge in [0, 0.05) is 23.9 Å². The number of rotatable bonds is 2. The standard InChI is InChI=1S/C26H26FN3O2S/c1-14-7-15(2)9-18(8-14)30-24(32)20(23(31)28-25(30)33)11-17-10-19-16(3)13-26(4,5)29(6)22(19)12-21(17)27/h7-13H,1-6H3,(H,28,31,33)/b20-11-. The molecule has 2 amide bonds. The Morgan fingerprint density at radius 3 is 2.30 bits per heavy atom. The van der Waals surface area contributed by atoms with E-state index in [0.717, 1.165) is 28.0 Å². The van der Waals surface area contributed by atoms with Crippen LogP contribution in [0.5, 0.6) is 0 Å². The molecule has 0 aromatic heterocycles. The predicted molar refractivity (Wildman–Crippen MR) is 135 cm³/mol. The molecule has 0 bridgehead atoms. The number of hydrogen-bond donors (Lipinski definition) is 1. The Morgan fingerprint density at radius 1 is 1.03 bits per heavy atom. The molecule has 2 aromatic rings. The maximum Gasteiger partial charge on any atom is 0.270 e. The molecule has 1 fully saturated rings. The van der Waals surface area contributed by atoms with E-state index in [0.29, 0.717) is 5.69 Å². The van der Waals surface area contributed by atoms with Crippen LogP contribution in [0.15, 0.2) is 42.0 Å². The van der Waals surface area contributed by atoms with Crippen molar-refractivity contribution in [3.8, 4) is 0 Å². The first-order chi connectivity index (χ1) is 15.4. The van der Waals surface area contributed by atoms with Crippen molar-refractivity contribution in [3.05, 3.63) is 70.1 Å². The van der Waals surface area contributed by atoms with Crippen LogP contribution >= 0.6 is 12.2 Å². The lowest BCUT2D eigenvalue weighted by atomic mass is 9.88. The van der Waals surface area contributed by atoms with Crippen molar-refractivity contribution < 1.29 is 14.0 Å². The molecule has 0 aliphatic carbocycles. The highest BCUT2D eigenvalue weighted by Gasteiger charge is 2.35. The molecule has 2 heterocycles. The van der Waals surface area contributed by atoms with Crippen LogP contribution in [0.3, 0.4) is 0 Å². The Morgan fingerprint density at radius 2 is 1.67 bits per heavy atom. The zero-order valence-electron chi connectivity index (χ0n) is 19.5. The van der Waals surface area contributed by atoms with Gasteiger partial charge in [0.2, 0.25) is 0 Å². The van der Waals surface area contributed by atoms with E-state index in [2.05, 4.69) is 25.2 Å². The SMILES string of the molecule is CC1=CC(C)(C)N(C)c2cc(F)c(/C=C3/C(=O)NC(=S)N(c4cc(C)cc(C)c4)C3=O)cc21. The molecule has 2 aliphatic heterocycles. The number of carbonyl (C=O) groups is 2. The highest BCUT2D eigenvalue weighted by Crippen LogP contribution is 2.39. The summed E-state index contributed by atoms with van der Waals surface area (Å²) in [6.45, 7) is 9.92. The Labute approximate surface area is 198 Å². The van der Waals surface area contributed by atoms with Crippen molar-refractivity contribution in [1.82, 2.24) is 5.32 Å². The summed E-state index contributed by atoms with van der Waals surface area (Å²) >= 11 is 5.28. The zero-order valence-corrected chi connectivity index (χ0v) is 20.4. The van der Waals surface area contributed by atoms with Crippen molar-refractivity contribution in [1.29, 1.82) is 0 Å². The largest absolute Gasteiger partial charge is 0.365 e. The van der Waals surface area contributed by atoms with Gasteiger partial charge < -0.3 is 4.90 Å². The van der Waals surface area contributed by atoms with E-state index in [9.17, 15) is 9.59 Å². The minimum Gasteiger partial charge on any atom is -0.365 e. The lowest BCUT2D eigenvalue weighted by Crippen LogP contribution is -2.54. The lowest BCUT2D eigenvalue weighted by Gasteiger charge is -2.40. The van der Waals surface area contributed by atoms with Crippen molar-refractivity contribution >= 4 is 52.2 Å². The van der Waals surface area contributed by atoms with Gasteiger partial charge >= 0.3 is 0 Å². The van der Waals surface area contributed by atoms with Crippen LogP contribution in [-0.2, 0) is 9.59 Å². The summed E-state index contributed by atoms with van der Waals surface area (Å²) in [6, 6.07) is 8.75. The maximum absolute atomic E-state index is 15.2. The van der Waals surface area contributed by atoms with Crippen molar-refractivity contribution in [3.63, 3.8) is 0 Å². The average Bonchev–Trinajstić information content (AvgIpc) is 2.69. The molecule has 4 rings (SSSR count). The number of aryl methyl sites for hydroxylation is 2. The Hall–Kier alpha value is -3.32. The van der Waals surface area contributed by atoms with Gasteiger partial charge in [-0.05, 0) is 93.9 Å². The van der Waals surface area contributed by atoms with E-state index < -0.39 is 17.6 Å². The molecule has 0 spiro atoms. The van der Waals surface area contributed by atoms with Gasteiger partial charge in [-0.25, -0.2) is 4.39 Å². The molecule has 2 aliphatic rings. The van der Waals surface area contributed by atoms with E-state index in [1.54, 1.807) is 6.07 Å². The number of amides is 2. The average molecular weight is 464 g/mol. The summed E-state index contributed by atoms with van der Waals surface area (Å²) in [5, 5.41) is 2.56. The number of fused-ring (bicyclic) bond motifs is 1. The third-order valence-electron chi connectivity index (χ3n) is 6.20. The third kappa shape index (κ3) is 3.97. The molecule has 33 heavy (non-hydrogen) atoms. The molecule has 170 valence electrons. The molecular weight excluding hydrogens is 437 g/mol. The lowest BCUT2D eigenvalue weighted by molar-refractivity contribution is -0.122. The summed E-state index contributed by atoms with van der Waals surface area (Å²) in [4.78, 5) is 29.3. The van der Waals surface area contributed by atoms with Crippen LogP contribution < -0.4 is 15.1 Å². The Balaban J connectivity index is 1.80. The monoisotopic (exact) mass is 463 g/mol. The molecule has 1 saturated heterocycles. The molecule has 2 aromatic carbocycles. The number of likely N-dealkylation sites (N-methyl/N-ethyl adjacent to an activating group) is 1. The fraction of sp³-hybridized carbons (Fsp3) is 0.269. The highest BCUT2D eigenvalue weighted by molar-refractivity contribution is 7.80. The number of nitrogens with one attached hydrogen (secondary N) is 1. The van der Waals surface area contributed by atoms with Crippen LogP contribution in [0.1, 0.15) is 43.0 Å². The Bertz CT molecular complexity index is 1270. The topological polar surface area (TPSA) is 52.7 Å². The smallest absolute Gasteiger partial charge is 0.270 e. The van der Waals surface area contributed by atoms with Gasteiger partial charge in [-0.1, -0.05) is 12.1 Å². The zero-order chi connectivity index (χ0) is 24.2. The van der Waals surface area contributed by atoms with Gasteiger partial charge in [0.05, 0.1) is 11.2 Å². The number of carbonyl (C=O) groups excluding carboxylic acids is 2. The van der Waals surface area contributed by atoms with E-state index in [-0.39, 0.29) is 21.8 Å². The maximum atomic E-state index is 15.2. The van der Waals surface area contributed by atoms with Crippen LogP contribution in [0.2, 0.25) is 0 Å². The number of halogens is 1.